The monoisotopic (exact) mass is 471 g/mol. The molecule has 0 unspecified atom stereocenters. The summed E-state index contributed by atoms with van der Waals surface area (Å²) in [5.41, 5.74) is 2.90. The lowest BCUT2D eigenvalue weighted by molar-refractivity contribution is 0.0532. The first-order valence-electron chi connectivity index (χ1n) is 11.8. The Morgan fingerprint density at radius 1 is 1.21 bits per heavy atom. The Hall–Kier alpha value is -2.44. The van der Waals surface area contributed by atoms with Crippen LogP contribution in [0.15, 0.2) is 36.4 Å². The number of aryl methyl sites for hydroxylation is 1. The van der Waals surface area contributed by atoms with Gasteiger partial charge >= 0.3 is 6.03 Å². The molecule has 0 atom stereocenters. The van der Waals surface area contributed by atoms with Crippen molar-refractivity contribution in [3.63, 3.8) is 0 Å². The molecule has 7 heteroatoms. The van der Waals surface area contributed by atoms with E-state index >= 15 is 0 Å². The molecule has 1 aliphatic heterocycles. The van der Waals surface area contributed by atoms with Crippen molar-refractivity contribution in [1.29, 1.82) is 0 Å². The Labute approximate surface area is 201 Å². The molecule has 1 aliphatic carbocycles. The minimum atomic E-state index is -0.106. The molecule has 33 heavy (non-hydrogen) atoms. The summed E-state index contributed by atoms with van der Waals surface area (Å²) in [7, 11) is 3.47. The van der Waals surface area contributed by atoms with Crippen LogP contribution in [-0.4, -0.2) is 55.7 Å². The molecule has 0 bridgehead atoms. The number of hydrogen-bond acceptors (Lipinski definition) is 4. The minimum Gasteiger partial charge on any atom is -0.497 e. The second-order valence-electron chi connectivity index (χ2n) is 9.28. The highest BCUT2D eigenvalue weighted by molar-refractivity contribution is 6.32. The van der Waals surface area contributed by atoms with Crippen molar-refractivity contribution in [3.8, 4) is 11.5 Å². The zero-order chi connectivity index (χ0) is 23.4. The maximum atomic E-state index is 12.6. The molecule has 6 nitrogen and oxygen atoms in total. The zero-order valence-corrected chi connectivity index (χ0v) is 20.5. The van der Waals surface area contributed by atoms with Gasteiger partial charge in [0.05, 0.1) is 18.2 Å². The molecule has 1 saturated heterocycles. The fourth-order valence-corrected chi connectivity index (χ4v) is 4.86. The molecule has 0 radical (unpaired) electrons. The number of nitrogens with one attached hydrogen (secondary N) is 1. The minimum absolute atomic E-state index is 0.106. The molecule has 178 valence electrons. The SMILES string of the molecule is COc1ccc(NC(=O)N(C)CC2CC(Oc3cccc(CN4CCCC4)c3Cl)C2)c(C)c1. The maximum Gasteiger partial charge on any atom is 0.321 e. The fourth-order valence-electron chi connectivity index (χ4n) is 4.63. The van der Waals surface area contributed by atoms with Crippen molar-refractivity contribution in [2.75, 3.05) is 39.1 Å². The van der Waals surface area contributed by atoms with Crippen LogP contribution in [0.25, 0.3) is 0 Å². The van der Waals surface area contributed by atoms with E-state index in [1.54, 1.807) is 12.0 Å². The molecular weight excluding hydrogens is 438 g/mol. The smallest absolute Gasteiger partial charge is 0.321 e. The van der Waals surface area contributed by atoms with Gasteiger partial charge in [-0.1, -0.05) is 23.7 Å². The highest BCUT2D eigenvalue weighted by Gasteiger charge is 2.33. The van der Waals surface area contributed by atoms with E-state index in [1.807, 2.05) is 44.3 Å². The molecule has 2 aliphatic rings. The normalized spacial score (nSPS) is 20.2. The van der Waals surface area contributed by atoms with E-state index in [0.29, 0.717) is 12.5 Å². The lowest BCUT2D eigenvalue weighted by atomic mass is 9.82. The standard InChI is InChI=1S/C26H34ClN3O3/c1-18-13-21(32-3)9-10-23(18)28-26(31)29(2)16-19-14-22(15-19)33-24-8-6-7-20(25(24)27)17-30-11-4-5-12-30/h6-10,13,19,22H,4-5,11-12,14-17H2,1-3H3,(H,28,31). The van der Waals surface area contributed by atoms with Crippen molar-refractivity contribution in [3.05, 3.63) is 52.5 Å². The van der Waals surface area contributed by atoms with Crippen molar-refractivity contribution in [2.45, 2.75) is 45.3 Å². The van der Waals surface area contributed by atoms with Gasteiger partial charge in [-0.2, -0.15) is 0 Å². The number of ether oxygens (including phenoxy) is 2. The number of rotatable bonds is 8. The molecule has 2 aromatic carbocycles. The van der Waals surface area contributed by atoms with E-state index in [1.165, 1.54) is 12.8 Å². The lowest BCUT2D eigenvalue weighted by Crippen LogP contribution is -2.43. The number of likely N-dealkylation sites (tertiary alicyclic amines) is 1. The van der Waals surface area contributed by atoms with E-state index in [4.69, 9.17) is 21.1 Å². The summed E-state index contributed by atoms with van der Waals surface area (Å²) in [6.07, 6.45) is 4.53. The summed E-state index contributed by atoms with van der Waals surface area (Å²) in [5, 5.41) is 3.72. The number of methoxy groups -OCH3 is 1. The number of amides is 2. The van der Waals surface area contributed by atoms with E-state index in [-0.39, 0.29) is 12.1 Å². The largest absolute Gasteiger partial charge is 0.497 e. The molecule has 0 spiro atoms. The first-order chi connectivity index (χ1) is 15.9. The molecule has 2 aromatic rings. The second-order valence-corrected chi connectivity index (χ2v) is 9.66. The lowest BCUT2D eigenvalue weighted by Gasteiger charge is -2.37. The highest BCUT2D eigenvalue weighted by Crippen LogP contribution is 2.36. The number of benzene rings is 2. The van der Waals surface area contributed by atoms with Crippen LogP contribution < -0.4 is 14.8 Å². The number of anilines is 1. The third kappa shape index (κ3) is 5.92. The Morgan fingerprint density at radius 2 is 1.97 bits per heavy atom. The summed E-state index contributed by atoms with van der Waals surface area (Å²) in [6, 6.07) is 11.6. The number of carbonyl (C=O) groups excluding carboxylic acids is 1. The van der Waals surface area contributed by atoms with Crippen LogP contribution in [0.1, 0.15) is 36.8 Å². The van der Waals surface area contributed by atoms with Gasteiger partial charge in [0.2, 0.25) is 0 Å². The van der Waals surface area contributed by atoms with Crippen LogP contribution in [0.2, 0.25) is 5.02 Å². The Balaban J connectivity index is 1.24. The quantitative estimate of drug-likeness (QED) is 0.546. The molecule has 4 rings (SSSR count). The fraction of sp³-hybridized carbons (Fsp3) is 0.500. The molecule has 1 heterocycles. The average molecular weight is 472 g/mol. The molecule has 1 N–H and O–H groups in total. The number of nitrogens with zero attached hydrogens (tertiary/aromatic N) is 2. The number of hydrogen-bond donors (Lipinski definition) is 1. The highest BCUT2D eigenvalue weighted by atomic mass is 35.5. The summed E-state index contributed by atoms with van der Waals surface area (Å²) < 4.78 is 11.4. The van der Waals surface area contributed by atoms with Gasteiger partial charge < -0.3 is 19.7 Å². The van der Waals surface area contributed by atoms with E-state index in [0.717, 1.165) is 65.8 Å². The van der Waals surface area contributed by atoms with Gasteiger partial charge in [0.1, 0.15) is 11.5 Å². The van der Waals surface area contributed by atoms with Crippen LogP contribution >= 0.6 is 11.6 Å². The molecular formula is C26H34ClN3O3. The van der Waals surface area contributed by atoms with Crippen LogP contribution in [0.5, 0.6) is 11.5 Å². The predicted octanol–water partition coefficient (Wildman–Crippen LogP) is 5.57. The van der Waals surface area contributed by atoms with Crippen molar-refractivity contribution in [2.24, 2.45) is 5.92 Å². The number of halogens is 1. The summed E-state index contributed by atoms with van der Waals surface area (Å²) in [6.45, 7) is 5.83. The maximum absolute atomic E-state index is 12.6. The van der Waals surface area contributed by atoms with Gasteiger partial charge in [-0.3, -0.25) is 4.90 Å². The van der Waals surface area contributed by atoms with Crippen LogP contribution in [0, 0.1) is 12.8 Å². The number of carbonyl (C=O) groups is 1. The Kier molecular flexibility index (Phi) is 7.66. The topological polar surface area (TPSA) is 54.0 Å². The molecule has 2 amide bonds. The third-order valence-electron chi connectivity index (χ3n) is 6.68. The van der Waals surface area contributed by atoms with Gasteiger partial charge in [-0.05, 0) is 87.0 Å². The van der Waals surface area contributed by atoms with Crippen molar-refractivity contribution in [1.82, 2.24) is 9.80 Å². The van der Waals surface area contributed by atoms with Crippen LogP contribution in [-0.2, 0) is 6.54 Å². The summed E-state index contributed by atoms with van der Waals surface area (Å²) in [4.78, 5) is 16.8. The molecule has 0 aromatic heterocycles. The average Bonchev–Trinajstić information content (AvgIpc) is 3.29. The predicted molar refractivity (Wildman–Crippen MR) is 132 cm³/mol. The molecule has 1 saturated carbocycles. The van der Waals surface area contributed by atoms with Gasteiger partial charge in [-0.25, -0.2) is 4.79 Å². The van der Waals surface area contributed by atoms with Crippen molar-refractivity contribution < 1.29 is 14.3 Å². The van der Waals surface area contributed by atoms with Crippen LogP contribution in [0.3, 0.4) is 0 Å². The van der Waals surface area contributed by atoms with Crippen LogP contribution in [0.4, 0.5) is 10.5 Å². The molecule has 2 fully saturated rings. The zero-order valence-electron chi connectivity index (χ0n) is 19.8. The first kappa shape index (κ1) is 23.7. The Morgan fingerprint density at radius 3 is 2.67 bits per heavy atom. The first-order valence-corrected chi connectivity index (χ1v) is 12.1. The van der Waals surface area contributed by atoms with Gasteiger partial charge in [0.25, 0.3) is 0 Å². The van der Waals surface area contributed by atoms with Gasteiger partial charge in [0.15, 0.2) is 0 Å². The van der Waals surface area contributed by atoms with Gasteiger partial charge in [0, 0.05) is 25.8 Å². The van der Waals surface area contributed by atoms with E-state index < -0.39 is 0 Å². The second kappa shape index (κ2) is 10.7. The summed E-state index contributed by atoms with van der Waals surface area (Å²) in [5.74, 6) is 1.98. The van der Waals surface area contributed by atoms with E-state index in [2.05, 4.69) is 16.3 Å². The van der Waals surface area contributed by atoms with Crippen molar-refractivity contribution >= 4 is 23.3 Å². The summed E-state index contributed by atoms with van der Waals surface area (Å²) >= 11 is 6.66. The van der Waals surface area contributed by atoms with E-state index in [9.17, 15) is 4.79 Å². The van der Waals surface area contributed by atoms with Gasteiger partial charge in [-0.15, -0.1) is 0 Å². The Bertz CT molecular complexity index is 971. The third-order valence-corrected chi connectivity index (χ3v) is 7.10. The number of urea groups is 1.